The van der Waals surface area contributed by atoms with Crippen molar-refractivity contribution in [1.82, 2.24) is 25.3 Å². The third-order valence-electron chi connectivity index (χ3n) is 2.36. The molecule has 0 aliphatic heterocycles. The van der Waals surface area contributed by atoms with Gasteiger partial charge in [-0.1, -0.05) is 18.3 Å². The number of aryl methyl sites for hydroxylation is 1. The summed E-state index contributed by atoms with van der Waals surface area (Å²) in [5, 5.41) is 18.7. The Morgan fingerprint density at radius 1 is 1.47 bits per heavy atom. The SMILES string of the molecule is CCCNc1nnc(C(=O)NCc2cnn(C)c2)s1. The average molecular weight is 280 g/mol. The molecule has 0 spiro atoms. The fourth-order valence-electron chi connectivity index (χ4n) is 1.44. The number of nitrogens with zero attached hydrogens (tertiary/aromatic N) is 4. The van der Waals surface area contributed by atoms with Crippen LogP contribution in [-0.4, -0.2) is 32.4 Å². The van der Waals surface area contributed by atoms with Gasteiger partial charge in [-0.2, -0.15) is 5.10 Å². The molecule has 0 aliphatic carbocycles. The van der Waals surface area contributed by atoms with Crippen LogP contribution in [0.25, 0.3) is 0 Å². The molecule has 2 N–H and O–H groups in total. The number of aromatic nitrogens is 4. The molecule has 0 fully saturated rings. The number of hydrogen-bond acceptors (Lipinski definition) is 6. The van der Waals surface area contributed by atoms with E-state index in [2.05, 4.69) is 32.9 Å². The minimum Gasteiger partial charge on any atom is -0.360 e. The number of rotatable bonds is 6. The van der Waals surface area contributed by atoms with E-state index in [0.29, 0.717) is 16.7 Å². The van der Waals surface area contributed by atoms with Crippen LogP contribution in [-0.2, 0) is 13.6 Å². The molecule has 102 valence electrons. The van der Waals surface area contributed by atoms with Gasteiger partial charge in [-0.05, 0) is 6.42 Å². The summed E-state index contributed by atoms with van der Waals surface area (Å²) in [6.45, 7) is 3.32. The van der Waals surface area contributed by atoms with Crippen molar-refractivity contribution in [2.75, 3.05) is 11.9 Å². The van der Waals surface area contributed by atoms with Gasteiger partial charge in [-0.3, -0.25) is 9.48 Å². The van der Waals surface area contributed by atoms with Crippen molar-refractivity contribution >= 4 is 22.4 Å². The smallest absolute Gasteiger partial charge is 0.282 e. The molecule has 0 saturated carbocycles. The summed E-state index contributed by atoms with van der Waals surface area (Å²) < 4.78 is 1.69. The van der Waals surface area contributed by atoms with Crippen molar-refractivity contribution in [1.29, 1.82) is 0 Å². The lowest BCUT2D eigenvalue weighted by molar-refractivity contribution is 0.0950. The van der Waals surface area contributed by atoms with Gasteiger partial charge in [0.05, 0.1) is 6.20 Å². The molecule has 0 saturated heterocycles. The summed E-state index contributed by atoms with van der Waals surface area (Å²) >= 11 is 1.26. The second kappa shape index (κ2) is 6.28. The Morgan fingerprint density at radius 3 is 3.00 bits per heavy atom. The molecule has 2 aromatic rings. The van der Waals surface area contributed by atoms with E-state index in [-0.39, 0.29) is 5.91 Å². The van der Waals surface area contributed by atoms with Crippen molar-refractivity contribution < 1.29 is 4.79 Å². The van der Waals surface area contributed by atoms with E-state index in [1.54, 1.807) is 10.9 Å². The van der Waals surface area contributed by atoms with Crippen molar-refractivity contribution in [2.45, 2.75) is 19.9 Å². The summed E-state index contributed by atoms with van der Waals surface area (Å²) in [6.07, 6.45) is 4.57. The molecule has 8 heteroatoms. The Hall–Kier alpha value is -1.96. The molecule has 19 heavy (non-hydrogen) atoms. The van der Waals surface area contributed by atoms with Gasteiger partial charge in [-0.25, -0.2) is 0 Å². The maximum atomic E-state index is 11.9. The predicted octanol–water partition coefficient (Wildman–Crippen LogP) is 1.02. The van der Waals surface area contributed by atoms with Gasteiger partial charge >= 0.3 is 0 Å². The number of hydrogen-bond donors (Lipinski definition) is 2. The normalized spacial score (nSPS) is 10.4. The molecule has 0 aliphatic rings. The summed E-state index contributed by atoms with van der Waals surface area (Å²) in [5.41, 5.74) is 0.949. The fourth-order valence-corrected chi connectivity index (χ4v) is 2.13. The van der Waals surface area contributed by atoms with E-state index in [1.165, 1.54) is 11.3 Å². The first-order chi connectivity index (χ1) is 9.19. The molecular formula is C11H16N6OS. The first-order valence-electron chi connectivity index (χ1n) is 6.02. The molecule has 7 nitrogen and oxygen atoms in total. The Morgan fingerprint density at radius 2 is 2.32 bits per heavy atom. The summed E-state index contributed by atoms with van der Waals surface area (Å²) in [7, 11) is 1.84. The topological polar surface area (TPSA) is 84.7 Å². The van der Waals surface area contributed by atoms with Gasteiger partial charge in [0.2, 0.25) is 10.1 Å². The standard InChI is InChI=1S/C11H16N6OS/c1-3-4-12-11-16-15-10(19-11)9(18)13-5-8-6-14-17(2)7-8/h6-7H,3-5H2,1-2H3,(H,12,16)(H,13,18). The number of amides is 1. The minimum atomic E-state index is -0.217. The Bertz CT molecular complexity index is 549. The Kier molecular flexibility index (Phi) is 4.45. The number of carbonyl (C=O) groups is 1. The van der Waals surface area contributed by atoms with Gasteiger partial charge in [0.25, 0.3) is 5.91 Å². The first-order valence-corrected chi connectivity index (χ1v) is 6.83. The quantitative estimate of drug-likeness (QED) is 0.825. The summed E-state index contributed by atoms with van der Waals surface area (Å²) in [5.74, 6) is -0.217. The molecule has 1 amide bonds. The van der Waals surface area contributed by atoms with E-state index >= 15 is 0 Å². The molecular weight excluding hydrogens is 264 g/mol. The third-order valence-corrected chi connectivity index (χ3v) is 3.24. The van der Waals surface area contributed by atoms with Gasteiger partial charge in [0.1, 0.15) is 0 Å². The van der Waals surface area contributed by atoms with E-state index in [4.69, 9.17) is 0 Å². The highest BCUT2D eigenvalue weighted by molar-refractivity contribution is 7.17. The van der Waals surface area contributed by atoms with Gasteiger partial charge < -0.3 is 10.6 Å². The summed E-state index contributed by atoms with van der Waals surface area (Å²) in [6, 6.07) is 0. The van der Waals surface area contributed by atoms with Crippen LogP contribution in [0.2, 0.25) is 0 Å². The monoisotopic (exact) mass is 280 g/mol. The van der Waals surface area contributed by atoms with E-state index in [1.807, 2.05) is 13.2 Å². The maximum absolute atomic E-state index is 11.9. The van der Waals surface area contributed by atoms with E-state index in [9.17, 15) is 4.79 Å². The number of anilines is 1. The van der Waals surface area contributed by atoms with Crippen LogP contribution in [0, 0.1) is 0 Å². The Labute approximate surface area is 115 Å². The van der Waals surface area contributed by atoms with Crippen LogP contribution in [0.5, 0.6) is 0 Å². The molecule has 2 rings (SSSR count). The predicted molar refractivity (Wildman–Crippen MR) is 73.1 cm³/mol. The van der Waals surface area contributed by atoms with Crippen molar-refractivity contribution in [3.63, 3.8) is 0 Å². The lowest BCUT2D eigenvalue weighted by Gasteiger charge is -1.99. The highest BCUT2D eigenvalue weighted by atomic mass is 32.1. The Balaban J connectivity index is 1.87. The lowest BCUT2D eigenvalue weighted by Crippen LogP contribution is -2.22. The second-order valence-corrected chi connectivity index (χ2v) is 5.02. The van der Waals surface area contributed by atoms with E-state index < -0.39 is 0 Å². The van der Waals surface area contributed by atoms with Gasteiger partial charge in [0.15, 0.2) is 0 Å². The van der Waals surface area contributed by atoms with Gasteiger partial charge in [0, 0.05) is 31.9 Å². The first kappa shape index (κ1) is 13.5. The molecule has 0 unspecified atom stereocenters. The van der Waals surface area contributed by atoms with Crippen molar-refractivity contribution in [2.24, 2.45) is 7.05 Å². The number of nitrogens with one attached hydrogen (secondary N) is 2. The molecule has 0 bridgehead atoms. The average Bonchev–Trinajstić information content (AvgIpc) is 3.02. The zero-order valence-electron chi connectivity index (χ0n) is 10.9. The van der Waals surface area contributed by atoms with Crippen LogP contribution in [0.1, 0.15) is 28.7 Å². The zero-order valence-corrected chi connectivity index (χ0v) is 11.7. The van der Waals surface area contributed by atoms with Crippen LogP contribution >= 0.6 is 11.3 Å². The van der Waals surface area contributed by atoms with Crippen LogP contribution in [0.4, 0.5) is 5.13 Å². The van der Waals surface area contributed by atoms with Crippen LogP contribution < -0.4 is 10.6 Å². The van der Waals surface area contributed by atoms with Crippen molar-refractivity contribution in [3.8, 4) is 0 Å². The maximum Gasteiger partial charge on any atom is 0.282 e. The van der Waals surface area contributed by atoms with Gasteiger partial charge in [-0.15, -0.1) is 10.2 Å². The largest absolute Gasteiger partial charge is 0.360 e. The molecule has 0 radical (unpaired) electrons. The van der Waals surface area contributed by atoms with Crippen molar-refractivity contribution in [3.05, 3.63) is 23.0 Å². The third kappa shape index (κ3) is 3.75. The molecule has 0 aromatic carbocycles. The summed E-state index contributed by atoms with van der Waals surface area (Å²) in [4.78, 5) is 11.9. The lowest BCUT2D eigenvalue weighted by atomic mass is 10.3. The van der Waals surface area contributed by atoms with E-state index in [0.717, 1.165) is 18.5 Å². The van der Waals surface area contributed by atoms with Crippen LogP contribution in [0.15, 0.2) is 12.4 Å². The minimum absolute atomic E-state index is 0.217. The molecule has 2 heterocycles. The fraction of sp³-hybridized carbons (Fsp3) is 0.455. The zero-order chi connectivity index (χ0) is 13.7. The highest BCUT2D eigenvalue weighted by Crippen LogP contribution is 2.14. The second-order valence-electron chi connectivity index (χ2n) is 4.04. The molecule has 2 aromatic heterocycles. The highest BCUT2D eigenvalue weighted by Gasteiger charge is 2.12. The van der Waals surface area contributed by atoms with Crippen LogP contribution in [0.3, 0.4) is 0 Å². The molecule has 0 atom stereocenters. The number of carbonyl (C=O) groups excluding carboxylic acids is 1.